The summed E-state index contributed by atoms with van der Waals surface area (Å²) in [5.41, 5.74) is 5.70. The van der Waals surface area contributed by atoms with E-state index in [1.165, 1.54) is 5.56 Å². The van der Waals surface area contributed by atoms with Crippen molar-refractivity contribution in [2.75, 3.05) is 0 Å². The second-order valence-electron chi connectivity index (χ2n) is 9.45. The molecule has 0 N–H and O–H groups in total. The van der Waals surface area contributed by atoms with Crippen LogP contribution in [-0.2, 0) is 10.8 Å². The van der Waals surface area contributed by atoms with Crippen molar-refractivity contribution in [3.8, 4) is 0 Å². The van der Waals surface area contributed by atoms with Crippen molar-refractivity contribution >= 4 is 16.6 Å². The highest BCUT2D eigenvalue weighted by Gasteiger charge is 2.25. The van der Waals surface area contributed by atoms with E-state index in [-0.39, 0.29) is 17.6 Å². The van der Waals surface area contributed by atoms with E-state index in [1.54, 1.807) is 6.07 Å². The van der Waals surface area contributed by atoms with Crippen LogP contribution in [0.3, 0.4) is 0 Å². The number of ketones is 1. The first-order valence-electron chi connectivity index (χ1n) is 11.4. The van der Waals surface area contributed by atoms with E-state index in [4.69, 9.17) is 0 Å². The highest BCUT2D eigenvalue weighted by molar-refractivity contribution is 7.85. The van der Waals surface area contributed by atoms with Crippen LogP contribution in [0.5, 0.6) is 0 Å². The number of aryl methyl sites for hydroxylation is 1. The average Bonchev–Trinajstić information content (AvgIpc) is 2.77. The maximum atomic E-state index is 14.1. The highest BCUT2D eigenvalue weighted by Crippen LogP contribution is 2.37. The van der Waals surface area contributed by atoms with Crippen LogP contribution in [0.2, 0.25) is 0 Å². The second-order valence-corrected chi connectivity index (χ2v) is 10.8. The number of rotatable bonds is 7. The van der Waals surface area contributed by atoms with Crippen LogP contribution in [0.15, 0.2) is 70.5 Å². The van der Waals surface area contributed by atoms with Crippen LogP contribution in [0.25, 0.3) is 0 Å². The molecule has 0 saturated heterocycles. The third kappa shape index (κ3) is 4.94. The molecule has 3 aromatic rings. The largest absolute Gasteiger partial charge is 0.289 e. The molecule has 0 heterocycles. The molecule has 0 amide bonds. The predicted octanol–water partition coefficient (Wildman–Crippen LogP) is 7.76. The van der Waals surface area contributed by atoms with E-state index >= 15 is 0 Å². The molecule has 0 spiro atoms. The molecule has 0 radical (unpaired) electrons. The molecule has 0 aliphatic carbocycles. The third-order valence-electron chi connectivity index (χ3n) is 5.91. The van der Waals surface area contributed by atoms with Crippen molar-refractivity contribution in [1.82, 2.24) is 0 Å². The summed E-state index contributed by atoms with van der Waals surface area (Å²) in [4.78, 5) is 14.8. The molecule has 3 aromatic carbocycles. The van der Waals surface area contributed by atoms with Crippen LogP contribution in [0, 0.1) is 6.92 Å². The highest BCUT2D eigenvalue weighted by atomic mass is 32.2. The Morgan fingerprint density at radius 1 is 0.750 bits per heavy atom. The molecule has 32 heavy (non-hydrogen) atoms. The molecule has 1 unspecified atom stereocenters. The Kier molecular flexibility index (Phi) is 7.51. The van der Waals surface area contributed by atoms with Crippen molar-refractivity contribution in [2.45, 2.75) is 76.0 Å². The van der Waals surface area contributed by atoms with Gasteiger partial charge in [0.2, 0.25) is 0 Å². The topological polar surface area (TPSA) is 34.1 Å². The maximum Gasteiger partial charge on any atom is 0.194 e. The van der Waals surface area contributed by atoms with E-state index in [2.05, 4.69) is 53.7 Å². The van der Waals surface area contributed by atoms with Gasteiger partial charge in [0.15, 0.2) is 5.78 Å². The van der Waals surface area contributed by atoms with Gasteiger partial charge in [0.1, 0.15) is 0 Å². The molecule has 0 bridgehead atoms. The lowest BCUT2D eigenvalue weighted by Crippen LogP contribution is -2.12. The third-order valence-corrected chi connectivity index (χ3v) is 7.51. The summed E-state index contributed by atoms with van der Waals surface area (Å²) < 4.78 is 14.1. The minimum Gasteiger partial charge on any atom is -0.289 e. The van der Waals surface area contributed by atoms with Gasteiger partial charge in [0.25, 0.3) is 0 Å². The van der Waals surface area contributed by atoms with Gasteiger partial charge in [-0.1, -0.05) is 95.6 Å². The van der Waals surface area contributed by atoms with Crippen molar-refractivity contribution in [1.29, 1.82) is 0 Å². The summed E-state index contributed by atoms with van der Waals surface area (Å²) in [5, 5.41) is 0. The van der Waals surface area contributed by atoms with E-state index in [0.29, 0.717) is 21.9 Å². The van der Waals surface area contributed by atoms with E-state index in [0.717, 1.165) is 21.6 Å². The van der Waals surface area contributed by atoms with E-state index < -0.39 is 10.8 Å². The molecule has 2 nitrogen and oxygen atoms in total. The minimum absolute atomic E-state index is 0.0926. The lowest BCUT2D eigenvalue weighted by Gasteiger charge is -2.23. The number of carbonyl (C=O) groups is 1. The molecular weight excluding hydrogens is 412 g/mol. The fourth-order valence-electron chi connectivity index (χ4n) is 3.89. The molecule has 0 saturated carbocycles. The zero-order valence-corrected chi connectivity index (χ0v) is 21.0. The molecule has 0 aliphatic rings. The number of hydrogen-bond donors (Lipinski definition) is 0. The molecule has 168 valence electrons. The molecule has 0 aliphatic heterocycles. The quantitative estimate of drug-likeness (QED) is 0.347. The molecule has 3 rings (SSSR count). The minimum atomic E-state index is -1.46. The lowest BCUT2D eigenvalue weighted by molar-refractivity contribution is 0.103. The van der Waals surface area contributed by atoms with Crippen molar-refractivity contribution in [3.05, 3.63) is 94.0 Å². The first-order chi connectivity index (χ1) is 15.1. The Morgan fingerprint density at radius 3 is 1.78 bits per heavy atom. The van der Waals surface area contributed by atoms with Gasteiger partial charge in [-0.05, 0) is 53.5 Å². The first-order valence-corrected chi connectivity index (χ1v) is 12.6. The van der Waals surface area contributed by atoms with Gasteiger partial charge in [-0.2, -0.15) is 0 Å². The monoisotopic (exact) mass is 446 g/mol. The van der Waals surface area contributed by atoms with Crippen LogP contribution >= 0.6 is 0 Å². The molecular formula is C29H34O2S. The summed E-state index contributed by atoms with van der Waals surface area (Å²) in [6.07, 6.45) is 0. The second kappa shape index (κ2) is 9.95. The van der Waals surface area contributed by atoms with E-state index in [1.807, 2.05) is 49.4 Å². The zero-order valence-electron chi connectivity index (χ0n) is 20.2. The summed E-state index contributed by atoms with van der Waals surface area (Å²) >= 11 is 0. The Labute approximate surface area is 195 Å². The average molecular weight is 447 g/mol. The SMILES string of the molecule is Cc1ccc(C(=O)c2ccccc2S(=O)c2c(C(C)C)cc(C(C)C)cc2C(C)C)cc1. The van der Waals surface area contributed by atoms with Gasteiger partial charge >= 0.3 is 0 Å². The van der Waals surface area contributed by atoms with Crippen molar-refractivity contribution in [3.63, 3.8) is 0 Å². The van der Waals surface area contributed by atoms with Gasteiger partial charge in [0, 0.05) is 11.1 Å². The molecule has 0 fully saturated rings. The van der Waals surface area contributed by atoms with Gasteiger partial charge in [-0.3, -0.25) is 4.79 Å². The first kappa shape index (κ1) is 24.1. The van der Waals surface area contributed by atoms with Crippen LogP contribution in [0.4, 0.5) is 0 Å². The van der Waals surface area contributed by atoms with Gasteiger partial charge in [-0.25, -0.2) is 4.21 Å². The smallest absolute Gasteiger partial charge is 0.194 e. The Bertz CT molecular complexity index is 1110. The number of hydrogen-bond acceptors (Lipinski definition) is 2. The van der Waals surface area contributed by atoms with Crippen LogP contribution in [-0.4, -0.2) is 9.99 Å². The van der Waals surface area contributed by atoms with Crippen molar-refractivity contribution in [2.24, 2.45) is 0 Å². The van der Waals surface area contributed by atoms with Crippen LogP contribution in [0.1, 0.15) is 97.5 Å². The van der Waals surface area contributed by atoms with Gasteiger partial charge in [-0.15, -0.1) is 0 Å². The Hall–Kier alpha value is -2.52. The fraction of sp³-hybridized carbons (Fsp3) is 0.345. The van der Waals surface area contributed by atoms with Crippen molar-refractivity contribution < 1.29 is 9.00 Å². The number of carbonyl (C=O) groups excluding carboxylic acids is 1. The summed E-state index contributed by atoms with van der Waals surface area (Å²) in [5.74, 6) is 0.753. The lowest BCUT2D eigenvalue weighted by atomic mass is 9.89. The molecule has 0 aromatic heterocycles. The zero-order chi connectivity index (χ0) is 23.6. The van der Waals surface area contributed by atoms with E-state index in [9.17, 15) is 9.00 Å². The van der Waals surface area contributed by atoms with Gasteiger partial charge < -0.3 is 0 Å². The Morgan fingerprint density at radius 2 is 1.28 bits per heavy atom. The standard InChI is InChI=1S/C29H34O2S/c1-18(2)23-16-25(19(3)4)29(26(17-23)20(5)6)32(31)27-11-9-8-10-24(27)28(30)22-14-12-21(7)13-15-22/h8-20H,1-7H3. The van der Waals surface area contributed by atoms with Gasteiger partial charge in [0.05, 0.1) is 20.6 Å². The summed E-state index contributed by atoms with van der Waals surface area (Å²) in [6, 6.07) is 19.3. The Balaban J connectivity index is 2.20. The summed E-state index contributed by atoms with van der Waals surface area (Å²) in [7, 11) is -1.46. The molecule has 3 heteroatoms. The molecule has 1 atom stereocenters. The summed E-state index contributed by atoms with van der Waals surface area (Å²) in [6.45, 7) is 15.0. The predicted molar refractivity (Wildman–Crippen MR) is 134 cm³/mol. The normalized spacial score (nSPS) is 12.6. The van der Waals surface area contributed by atoms with Crippen LogP contribution < -0.4 is 0 Å². The maximum absolute atomic E-state index is 14.1. The fourth-order valence-corrected chi connectivity index (χ4v) is 5.69. The number of benzene rings is 3.